The number of rotatable bonds is 3. The van der Waals surface area contributed by atoms with E-state index in [0.717, 1.165) is 11.1 Å². The first-order valence-electron chi connectivity index (χ1n) is 6.63. The smallest absolute Gasteiger partial charge is 0.221 e. The average molecular weight is 366 g/mol. The molecule has 23 heavy (non-hydrogen) atoms. The van der Waals surface area contributed by atoms with Crippen molar-refractivity contribution in [2.75, 3.05) is 5.73 Å². The van der Waals surface area contributed by atoms with Crippen LogP contribution in [0.25, 0.3) is 11.3 Å². The minimum absolute atomic E-state index is 0.260. The first kappa shape index (κ1) is 15.9. The van der Waals surface area contributed by atoms with E-state index in [9.17, 15) is 0 Å². The number of nitrogen functional groups attached to an aromatic ring is 1. The van der Waals surface area contributed by atoms with E-state index in [0.29, 0.717) is 20.8 Å². The Bertz CT molecular complexity index is 870. The summed E-state index contributed by atoms with van der Waals surface area (Å²) in [7, 11) is 0. The molecule has 1 heterocycles. The number of nitrogens with two attached hydrogens (primary N) is 1. The van der Waals surface area contributed by atoms with Crippen LogP contribution in [0.4, 0.5) is 5.95 Å². The molecule has 4 nitrogen and oxygen atoms in total. The number of imidazole rings is 1. The molecule has 0 atom stereocenters. The Morgan fingerprint density at radius 1 is 1.00 bits per heavy atom. The first-order valence-corrected chi connectivity index (χ1v) is 7.76. The van der Waals surface area contributed by atoms with Crippen LogP contribution in [0.3, 0.4) is 0 Å². The van der Waals surface area contributed by atoms with Crippen LogP contribution < -0.4 is 5.73 Å². The van der Waals surface area contributed by atoms with Crippen molar-refractivity contribution < 1.29 is 0 Å². The third kappa shape index (κ3) is 3.67. The molecule has 0 amide bonds. The zero-order valence-corrected chi connectivity index (χ0v) is 14.0. The monoisotopic (exact) mass is 364 g/mol. The third-order valence-electron chi connectivity index (χ3n) is 3.12. The SMILES string of the molecule is Nc1nc(-c2ccc(Cl)cc2Cl)cn1/N=C/c1ccc(Cl)cc1. The summed E-state index contributed by atoms with van der Waals surface area (Å²) in [5, 5.41) is 6.03. The number of halogens is 3. The summed E-state index contributed by atoms with van der Waals surface area (Å²) in [5.74, 6) is 0.260. The van der Waals surface area contributed by atoms with Gasteiger partial charge in [0.05, 0.1) is 23.1 Å². The van der Waals surface area contributed by atoms with Crippen molar-refractivity contribution >= 4 is 47.0 Å². The minimum atomic E-state index is 0.260. The maximum atomic E-state index is 6.19. The molecule has 7 heteroatoms. The van der Waals surface area contributed by atoms with Crippen molar-refractivity contribution in [3.63, 3.8) is 0 Å². The molecule has 3 aromatic rings. The van der Waals surface area contributed by atoms with Crippen LogP contribution in [0.5, 0.6) is 0 Å². The quantitative estimate of drug-likeness (QED) is 0.666. The van der Waals surface area contributed by atoms with E-state index in [-0.39, 0.29) is 5.95 Å². The van der Waals surface area contributed by atoms with Gasteiger partial charge in [-0.15, -0.1) is 0 Å². The van der Waals surface area contributed by atoms with Gasteiger partial charge in [0.25, 0.3) is 0 Å². The van der Waals surface area contributed by atoms with Crippen LogP contribution >= 0.6 is 34.8 Å². The summed E-state index contributed by atoms with van der Waals surface area (Å²) in [4.78, 5) is 4.28. The summed E-state index contributed by atoms with van der Waals surface area (Å²) in [5.41, 5.74) is 8.15. The number of nitrogens with zero attached hydrogens (tertiary/aromatic N) is 3. The van der Waals surface area contributed by atoms with Crippen LogP contribution in [0.15, 0.2) is 53.8 Å². The molecule has 0 aliphatic rings. The molecule has 0 unspecified atom stereocenters. The summed E-state index contributed by atoms with van der Waals surface area (Å²) in [6, 6.07) is 12.5. The fraction of sp³-hybridized carbons (Fsp3) is 0. The molecule has 116 valence electrons. The topological polar surface area (TPSA) is 56.2 Å². The molecule has 0 saturated carbocycles. The molecule has 0 radical (unpaired) electrons. The van der Waals surface area contributed by atoms with Gasteiger partial charge in [0.1, 0.15) is 0 Å². The van der Waals surface area contributed by atoms with E-state index in [1.165, 1.54) is 4.68 Å². The van der Waals surface area contributed by atoms with Gasteiger partial charge >= 0.3 is 0 Å². The Balaban J connectivity index is 1.90. The largest absolute Gasteiger partial charge is 0.368 e. The molecule has 2 aromatic carbocycles. The molecule has 0 aliphatic carbocycles. The Hall–Kier alpha value is -2.01. The number of aromatic nitrogens is 2. The van der Waals surface area contributed by atoms with Gasteiger partial charge in [0.15, 0.2) is 0 Å². The van der Waals surface area contributed by atoms with Crippen LogP contribution in [-0.4, -0.2) is 15.9 Å². The van der Waals surface area contributed by atoms with E-state index in [2.05, 4.69) is 10.1 Å². The molecule has 0 aliphatic heterocycles. The van der Waals surface area contributed by atoms with Gasteiger partial charge in [0, 0.05) is 15.6 Å². The van der Waals surface area contributed by atoms with Gasteiger partial charge in [-0.1, -0.05) is 46.9 Å². The fourth-order valence-corrected chi connectivity index (χ4v) is 2.61. The Morgan fingerprint density at radius 2 is 1.70 bits per heavy atom. The predicted molar refractivity (Wildman–Crippen MR) is 96.5 cm³/mol. The van der Waals surface area contributed by atoms with Crippen LogP contribution in [0.1, 0.15) is 5.56 Å². The van der Waals surface area contributed by atoms with Crippen LogP contribution in [-0.2, 0) is 0 Å². The van der Waals surface area contributed by atoms with E-state index in [1.807, 2.05) is 12.1 Å². The Morgan fingerprint density at radius 3 is 2.39 bits per heavy atom. The predicted octanol–water partition coefficient (Wildman–Crippen LogP) is 4.97. The minimum Gasteiger partial charge on any atom is -0.368 e. The standard InChI is InChI=1S/C16H11Cl3N4/c17-11-3-1-10(2-4-11)8-21-23-9-15(22-16(23)20)13-6-5-12(18)7-14(13)19/h1-9H,(H2,20,22)/b21-8+. The summed E-state index contributed by atoms with van der Waals surface area (Å²) < 4.78 is 1.48. The summed E-state index contributed by atoms with van der Waals surface area (Å²) in [6.07, 6.45) is 3.37. The lowest BCUT2D eigenvalue weighted by atomic mass is 10.2. The highest BCUT2D eigenvalue weighted by Gasteiger charge is 2.10. The average Bonchev–Trinajstić information content (AvgIpc) is 2.87. The highest BCUT2D eigenvalue weighted by atomic mass is 35.5. The highest BCUT2D eigenvalue weighted by molar-refractivity contribution is 6.36. The van der Waals surface area contributed by atoms with Crippen molar-refractivity contribution in [1.29, 1.82) is 0 Å². The van der Waals surface area contributed by atoms with E-state index in [4.69, 9.17) is 40.5 Å². The Labute approximate surface area is 148 Å². The molecule has 0 fully saturated rings. The van der Waals surface area contributed by atoms with Crippen molar-refractivity contribution in [3.05, 3.63) is 69.3 Å². The Kier molecular flexibility index (Phi) is 4.57. The second kappa shape index (κ2) is 6.62. The van der Waals surface area contributed by atoms with Crippen molar-refractivity contribution in [3.8, 4) is 11.3 Å². The maximum absolute atomic E-state index is 6.19. The lowest BCUT2D eigenvalue weighted by molar-refractivity contribution is 0.898. The number of benzene rings is 2. The number of anilines is 1. The van der Waals surface area contributed by atoms with Crippen molar-refractivity contribution in [2.24, 2.45) is 5.10 Å². The van der Waals surface area contributed by atoms with E-state index in [1.54, 1.807) is 42.7 Å². The first-order chi connectivity index (χ1) is 11.0. The maximum Gasteiger partial charge on any atom is 0.221 e. The molecule has 0 saturated heterocycles. The lowest BCUT2D eigenvalue weighted by Gasteiger charge is -2.00. The lowest BCUT2D eigenvalue weighted by Crippen LogP contribution is -1.96. The molecular formula is C16H11Cl3N4. The van der Waals surface area contributed by atoms with Crippen molar-refractivity contribution in [2.45, 2.75) is 0 Å². The molecule has 3 rings (SSSR count). The van der Waals surface area contributed by atoms with Gasteiger partial charge in [-0.05, 0) is 35.9 Å². The van der Waals surface area contributed by atoms with Crippen LogP contribution in [0, 0.1) is 0 Å². The second-order valence-corrected chi connectivity index (χ2v) is 6.03. The molecular weight excluding hydrogens is 355 g/mol. The number of hydrogen-bond donors (Lipinski definition) is 1. The van der Waals surface area contributed by atoms with Crippen molar-refractivity contribution in [1.82, 2.24) is 9.66 Å². The summed E-state index contributed by atoms with van der Waals surface area (Å²) >= 11 is 17.9. The zero-order chi connectivity index (χ0) is 16.4. The van der Waals surface area contributed by atoms with Gasteiger partial charge in [-0.2, -0.15) is 5.10 Å². The highest BCUT2D eigenvalue weighted by Crippen LogP contribution is 2.30. The zero-order valence-electron chi connectivity index (χ0n) is 11.7. The molecule has 0 bridgehead atoms. The second-order valence-electron chi connectivity index (χ2n) is 4.75. The summed E-state index contributed by atoms with van der Waals surface area (Å²) in [6.45, 7) is 0. The van der Waals surface area contributed by atoms with Gasteiger partial charge in [-0.25, -0.2) is 9.66 Å². The fourth-order valence-electron chi connectivity index (χ4n) is 1.98. The van der Waals surface area contributed by atoms with Crippen LogP contribution in [0.2, 0.25) is 15.1 Å². The van der Waals surface area contributed by atoms with Gasteiger partial charge in [-0.3, -0.25) is 0 Å². The molecule has 1 aromatic heterocycles. The normalized spacial score (nSPS) is 11.3. The number of hydrogen-bond acceptors (Lipinski definition) is 3. The molecule has 0 spiro atoms. The third-order valence-corrected chi connectivity index (χ3v) is 3.92. The van der Waals surface area contributed by atoms with E-state index < -0.39 is 0 Å². The van der Waals surface area contributed by atoms with E-state index >= 15 is 0 Å². The van der Waals surface area contributed by atoms with Gasteiger partial charge < -0.3 is 5.73 Å². The molecule has 2 N–H and O–H groups in total. The van der Waals surface area contributed by atoms with Gasteiger partial charge in [0.2, 0.25) is 5.95 Å².